The zero-order chi connectivity index (χ0) is 12.8. The van der Waals surface area contributed by atoms with Crippen molar-refractivity contribution in [2.45, 2.75) is 38.5 Å². The Balaban J connectivity index is 2.07. The zero-order valence-corrected chi connectivity index (χ0v) is 11.4. The fourth-order valence-corrected chi connectivity index (χ4v) is 3.69. The van der Waals surface area contributed by atoms with Gasteiger partial charge in [0.1, 0.15) is 0 Å². The standard InChI is InChI=1S/C18H26/c1-3-17(15-11-7-5-8-12-15)18(4-2)16-13-9-6-10-14-16/h3-5,7-8,11,15-18H,1-2,6,9-10,12-14H2. The average molecular weight is 242 g/mol. The van der Waals surface area contributed by atoms with Gasteiger partial charge in [0.15, 0.2) is 0 Å². The molecular formula is C18H26. The highest BCUT2D eigenvalue weighted by Crippen LogP contribution is 2.39. The molecule has 0 aromatic heterocycles. The first-order valence-electron chi connectivity index (χ1n) is 7.45. The molecule has 3 unspecified atom stereocenters. The molecule has 0 spiro atoms. The molecule has 0 bridgehead atoms. The van der Waals surface area contributed by atoms with Crippen LogP contribution >= 0.6 is 0 Å². The van der Waals surface area contributed by atoms with E-state index < -0.39 is 0 Å². The molecule has 0 saturated heterocycles. The molecule has 2 rings (SSSR count). The van der Waals surface area contributed by atoms with Gasteiger partial charge in [-0.15, -0.1) is 13.2 Å². The Morgan fingerprint density at radius 2 is 1.67 bits per heavy atom. The van der Waals surface area contributed by atoms with Crippen LogP contribution in [0.15, 0.2) is 49.6 Å². The van der Waals surface area contributed by atoms with Gasteiger partial charge >= 0.3 is 0 Å². The summed E-state index contributed by atoms with van der Waals surface area (Å²) in [4.78, 5) is 0. The normalized spacial score (nSPS) is 27.7. The predicted molar refractivity (Wildman–Crippen MR) is 80.3 cm³/mol. The molecule has 0 heterocycles. The third kappa shape index (κ3) is 3.04. The van der Waals surface area contributed by atoms with Crippen molar-refractivity contribution in [1.29, 1.82) is 0 Å². The van der Waals surface area contributed by atoms with E-state index in [-0.39, 0.29) is 0 Å². The summed E-state index contributed by atoms with van der Waals surface area (Å²) in [7, 11) is 0. The second-order valence-electron chi connectivity index (χ2n) is 5.74. The van der Waals surface area contributed by atoms with Gasteiger partial charge in [-0.1, -0.05) is 55.7 Å². The van der Waals surface area contributed by atoms with Gasteiger partial charge in [0.05, 0.1) is 0 Å². The van der Waals surface area contributed by atoms with Gasteiger partial charge in [-0.05, 0) is 42.9 Å². The highest BCUT2D eigenvalue weighted by atomic mass is 14.3. The molecule has 0 nitrogen and oxygen atoms in total. The molecule has 0 amide bonds. The lowest BCUT2D eigenvalue weighted by molar-refractivity contribution is 0.217. The summed E-state index contributed by atoms with van der Waals surface area (Å²) in [5.74, 6) is 2.63. The molecule has 1 fully saturated rings. The van der Waals surface area contributed by atoms with Crippen LogP contribution in [0.5, 0.6) is 0 Å². The van der Waals surface area contributed by atoms with Crippen LogP contribution in [0.2, 0.25) is 0 Å². The summed E-state index contributed by atoms with van der Waals surface area (Å²) in [6.45, 7) is 8.20. The van der Waals surface area contributed by atoms with Gasteiger partial charge in [0.2, 0.25) is 0 Å². The van der Waals surface area contributed by atoms with E-state index in [1.165, 1.54) is 32.1 Å². The fourth-order valence-electron chi connectivity index (χ4n) is 3.69. The Kier molecular flexibility index (Phi) is 5.04. The average Bonchev–Trinajstić information content (AvgIpc) is 2.46. The monoisotopic (exact) mass is 242 g/mol. The molecule has 0 radical (unpaired) electrons. The first kappa shape index (κ1) is 13.4. The van der Waals surface area contributed by atoms with Gasteiger partial charge in [0, 0.05) is 0 Å². The van der Waals surface area contributed by atoms with Crippen LogP contribution in [-0.2, 0) is 0 Å². The van der Waals surface area contributed by atoms with E-state index >= 15 is 0 Å². The van der Waals surface area contributed by atoms with Crippen molar-refractivity contribution in [1.82, 2.24) is 0 Å². The molecule has 0 N–H and O–H groups in total. The molecule has 2 aliphatic carbocycles. The van der Waals surface area contributed by atoms with Crippen molar-refractivity contribution < 1.29 is 0 Å². The Labute approximate surface area is 112 Å². The topological polar surface area (TPSA) is 0 Å². The van der Waals surface area contributed by atoms with Crippen LogP contribution < -0.4 is 0 Å². The van der Waals surface area contributed by atoms with E-state index in [9.17, 15) is 0 Å². The maximum absolute atomic E-state index is 4.11. The van der Waals surface area contributed by atoms with E-state index in [0.29, 0.717) is 17.8 Å². The first-order valence-corrected chi connectivity index (χ1v) is 7.45. The van der Waals surface area contributed by atoms with Crippen molar-refractivity contribution in [2.75, 3.05) is 0 Å². The Morgan fingerprint density at radius 1 is 0.944 bits per heavy atom. The molecule has 1 saturated carbocycles. The number of hydrogen-bond donors (Lipinski definition) is 0. The zero-order valence-electron chi connectivity index (χ0n) is 11.4. The maximum Gasteiger partial charge on any atom is -0.0105 e. The van der Waals surface area contributed by atoms with E-state index in [1.807, 2.05) is 0 Å². The molecule has 0 aromatic rings. The Morgan fingerprint density at radius 3 is 2.22 bits per heavy atom. The highest BCUT2D eigenvalue weighted by Gasteiger charge is 2.30. The lowest BCUT2D eigenvalue weighted by Crippen LogP contribution is -2.27. The van der Waals surface area contributed by atoms with Crippen molar-refractivity contribution >= 4 is 0 Å². The van der Waals surface area contributed by atoms with Crippen LogP contribution in [0, 0.1) is 23.7 Å². The molecule has 0 heteroatoms. The van der Waals surface area contributed by atoms with E-state index in [2.05, 4.69) is 49.6 Å². The Hall–Kier alpha value is -1.04. The molecule has 98 valence electrons. The van der Waals surface area contributed by atoms with Crippen LogP contribution in [0.4, 0.5) is 0 Å². The van der Waals surface area contributed by atoms with Crippen molar-refractivity contribution in [3.8, 4) is 0 Å². The van der Waals surface area contributed by atoms with Gasteiger partial charge in [-0.3, -0.25) is 0 Å². The summed E-state index contributed by atoms with van der Waals surface area (Å²) in [6, 6.07) is 0. The molecule has 3 atom stereocenters. The highest BCUT2D eigenvalue weighted by molar-refractivity contribution is 5.15. The summed E-state index contributed by atoms with van der Waals surface area (Å²) >= 11 is 0. The largest absolute Gasteiger partial charge is 0.103 e. The first-order chi connectivity index (χ1) is 8.86. The lowest BCUT2D eigenvalue weighted by Gasteiger charge is -2.36. The third-order valence-electron chi connectivity index (χ3n) is 4.69. The van der Waals surface area contributed by atoms with Crippen LogP contribution in [0.1, 0.15) is 38.5 Å². The number of hydrogen-bond acceptors (Lipinski definition) is 0. The van der Waals surface area contributed by atoms with E-state index in [1.54, 1.807) is 0 Å². The van der Waals surface area contributed by atoms with Crippen LogP contribution in [0.25, 0.3) is 0 Å². The summed E-state index contributed by atoms with van der Waals surface area (Å²) < 4.78 is 0. The molecule has 2 aliphatic rings. The molecule has 18 heavy (non-hydrogen) atoms. The van der Waals surface area contributed by atoms with Gasteiger partial charge in [0.25, 0.3) is 0 Å². The second-order valence-corrected chi connectivity index (χ2v) is 5.74. The quantitative estimate of drug-likeness (QED) is 0.574. The summed E-state index contributed by atoms with van der Waals surface area (Å²) in [5, 5.41) is 0. The fraction of sp³-hybridized carbons (Fsp3) is 0.556. The smallest absolute Gasteiger partial charge is 0.0105 e. The Bertz CT molecular complexity index is 328. The van der Waals surface area contributed by atoms with Gasteiger partial charge in [-0.25, -0.2) is 0 Å². The summed E-state index contributed by atoms with van der Waals surface area (Å²) in [5.41, 5.74) is 0. The number of rotatable bonds is 5. The SMILES string of the molecule is C=CC(C1C=CC=CC1)C(C=C)C1CCCCC1. The lowest BCUT2D eigenvalue weighted by atomic mass is 9.69. The summed E-state index contributed by atoms with van der Waals surface area (Å²) in [6.07, 6.45) is 21.5. The third-order valence-corrected chi connectivity index (χ3v) is 4.69. The van der Waals surface area contributed by atoms with Gasteiger partial charge in [-0.2, -0.15) is 0 Å². The molecule has 0 aromatic carbocycles. The van der Waals surface area contributed by atoms with Crippen molar-refractivity contribution in [2.24, 2.45) is 23.7 Å². The maximum atomic E-state index is 4.11. The minimum absolute atomic E-state index is 0.562. The van der Waals surface area contributed by atoms with Crippen LogP contribution in [0.3, 0.4) is 0 Å². The minimum atomic E-state index is 0.562. The second kappa shape index (κ2) is 6.78. The van der Waals surface area contributed by atoms with Crippen molar-refractivity contribution in [3.05, 3.63) is 49.6 Å². The minimum Gasteiger partial charge on any atom is -0.103 e. The molecule has 0 aliphatic heterocycles. The predicted octanol–water partition coefficient (Wildman–Crippen LogP) is 5.30. The van der Waals surface area contributed by atoms with E-state index in [0.717, 1.165) is 12.3 Å². The van der Waals surface area contributed by atoms with Crippen LogP contribution in [-0.4, -0.2) is 0 Å². The molecular weight excluding hydrogens is 216 g/mol. The van der Waals surface area contributed by atoms with E-state index in [4.69, 9.17) is 0 Å². The number of allylic oxidation sites excluding steroid dienone is 6. The van der Waals surface area contributed by atoms with Gasteiger partial charge < -0.3 is 0 Å². The van der Waals surface area contributed by atoms with Crippen molar-refractivity contribution in [3.63, 3.8) is 0 Å².